The molecule has 0 radical (unpaired) electrons. The molecule has 170 valence electrons. The number of hydrogen-bond donors (Lipinski definition) is 0. The number of nitrogens with zero attached hydrogens (tertiary/aromatic N) is 2. The van der Waals surface area contributed by atoms with E-state index in [4.69, 9.17) is 9.72 Å². The smallest absolute Gasteiger partial charge is 0.288 e. The van der Waals surface area contributed by atoms with Crippen LogP contribution in [0.3, 0.4) is 0 Å². The van der Waals surface area contributed by atoms with Crippen LogP contribution in [-0.4, -0.2) is 4.98 Å². The van der Waals surface area contributed by atoms with Gasteiger partial charge in [0.2, 0.25) is 4.83 Å². The standard InChI is InChI=1S/C29H33N2OS/c1-6-29(7-2)14-12-19(13-15-29)27-26-23-24(31(5)16-30-28(23)33-27)22-17(3)20-10-8-9-11-21(20)18(4)25(22)32-26/h8-11,16,19H,6-7,12-15H2,1-5H3/q+1. The maximum Gasteiger partial charge on any atom is 0.288 e. The van der Waals surface area contributed by atoms with Crippen molar-refractivity contribution in [2.45, 2.75) is 72.1 Å². The van der Waals surface area contributed by atoms with Crippen molar-refractivity contribution in [3.8, 4) is 22.8 Å². The van der Waals surface area contributed by atoms with Gasteiger partial charge in [-0.25, -0.2) is 4.57 Å². The molecule has 2 aromatic carbocycles. The summed E-state index contributed by atoms with van der Waals surface area (Å²) >= 11 is 1.87. The Morgan fingerprint density at radius 1 is 1.03 bits per heavy atom. The first-order valence-electron chi connectivity index (χ1n) is 12.5. The molecule has 0 spiro atoms. The van der Waals surface area contributed by atoms with Crippen LogP contribution in [0.4, 0.5) is 0 Å². The Balaban J connectivity index is 1.56. The van der Waals surface area contributed by atoms with Crippen LogP contribution in [0.1, 0.15) is 74.3 Å². The molecule has 2 aromatic heterocycles. The lowest BCUT2D eigenvalue weighted by Gasteiger charge is -2.39. The summed E-state index contributed by atoms with van der Waals surface area (Å²) in [6, 6.07) is 8.73. The molecule has 0 N–H and O–H groups in total. The number of rotatable bonds is 3. The third-order valence-electron chi connectivity index (χ3n) is 8.84. The number of hydrogen-bond acceptors (Lipinski definition) is 3. The number of ether oxygens (including phenoxy) is 1. The Morgan fingerprint density at radius 2 is 1.70 bits per heavy atom. The van der Waals surface area contributed by atoms with Gasteiger partial charge in [0.05, 0.1) is 17.5 Å². The first-order chi connectivity index (χ1) is 16.0. The molecular weight excluding hydrogens is 424 g/mol. The Labute approximate surface area is 200 Å². The van der Waals surface area contributed by atoms with E-state index in [1.54, 1.807) is 0 Å². The number of fused-ring (bicyclic) bond motifs is 3. The summed E-state index contributed by atoms with van der Waals surface area (Å²) in [6.07, 6.45) is 9.75. The van der Waals surface area contributed by atoms with Crippen LogP contribution in [0.5, 0.6) is 11.5 Å². The molecule has 1 aliphatic carbocycles. The fraction of sp³-hybridized carbons (Fsp3) is 0.448. The summed E-state index contributed by atoms with van der Waals surface area (Å²) in [7, 11) is 2.12. The summed E-state index contributed by atoms with van der Waals surface area (Å²) in [5.74, 6) is 2.70. The van der Waals surface area contributed by atoms with Gasteiger partial charge < -0.3 is 4.74 Å². The average Bonchev–Trinajstić information content (AvgIpc) is 3.23. The quantitative estimate of drug-likeness (QED) is 0.256. The van der Waals surface area contributed by atoms with Crippen LogP contribution < -0.4 is 9.30 Å². The van der Waals surface area contributed by atoms with E-state index in [0.29, 0.717) is 11.3 Å². The highest BCUT2D eigenvalue weighted by molar-refractivity contribution is 7.19. The van der Waals surface area contributed by atoms with Gasteiger partial charge in [-0.05, 0) is 72.2 Å². The largest absolute Gasteiger partial charge is 0.454 e. The van der Waals surface area contributed by atoms with Gasteiger partial charge >= 0.3 is 0 Å². The van der Waals surface area contributed by atoms with Crippen LogP contribution in [0.25, 0.3) is 32.2 Å². The van der Waals surface area contributed by atoms with Crippen molar-refractivity contribution in [2.75, 3.05) is 0 Å². The Kier molecular flexibility index (Phi) is 4.81. The number of benzene rings is 2. The number of aryl methyl sites for hydroxylation is 3. The molecule has 0 bridgehead atoms. The summed E-state index contributed by atoms with van der Waals surface area (Å²) in [5.41, 5.74) is 5.56. The Hall–Kier alpha value is -2.46. The molecule has 0 amide bonds. The molecular formula is C29H33N2OS+. The predicted molar refractivity (Wildman–Crippen MR) is 138 cm³/mol. The second-order valence-corrected chi connectivity index (χ2v) is 11.3. The van der Waals surface area contributed by atoms with Crippen LogP contribution in [0, 0.1) is 19.3 Å². The van der Waals surface area contributed by atoms with Crippen molar-refractivity contribution in [3.63, 3.8) is 0 Å². The van der Waals surface area contributed by atoms with Crippen LogP contribution >= 0.6 is 11.3 Å². The van der Waals surface area contributed by atoms with Crippen molar-refractivity contribution in [1.82, 2.24) is 4.98 Å². The maximum atomic E-state index is 6.91. The molecule has 3 nitrogen and oxygen atoms in total. The number of aromatic nitrogens is 2. The highest BCUT2D eigenvalue weighted by Crippen LogP contribution is 2.57. The normalized spacial score (nSPS) is 17.4. The molecule has 4 heteroatoms. The zero-order valence-corrected chi connectivity index (χ0v) is 21.2. The topological polar surface area (TPSA) is 26.0 Å². The zero-order chi connectivity index (χ0) is 22.9. The first-order valence-corrected chi connectivity index (χ1v) is 13.3. The third-order valence-corrected chi connectivity index (χ3v) is 10.1. The van der Waals surface area contributed by atoms with Gasteiger partial charge in [0.25, 0.3) is 6.33 Å². The molecule has 0 atom stereocenters. The first kappa shape index (κ1) is 21.1. The predicted octanol–water partition coefficient (Wildman–Crippen LogP) is 8.13. The van der Waals surface area contributed by atoms with Crippen molar-refractivity contribution < 1.29 is 9.30 Å². The van der Waals surface area contributed by atoms with E-state index in [1.807, 2.05) is 17.7 Å². The molecule has 1 aliphatic heterocycles. The molecule has 0 saturated heterocycles. The fourth-order valence-electron chi connectivity index (χ4n) is 6.48. The monoisotopic (exact) mass is 457 g/mol. The SMILES string of the molecule is CCC1(CC)CCC(c2sc3nc[n+](C)c4c3c2Oc2c-4c(C)c3ccccc3c2C)CC1. The Bertz CT molecular complexity index is 1400. The lowest BCUT2D eigenvalue weighted by atomic mass is 9.67. The van der Waals surface area contributed by atoms with Gasteiger partial charge in [-0.15, -0.1) is 0 Å². The van der Waals surface area contributed by atoms with E-state index < -0.39 is 0 Å². The fourth-order valence-corrected chi connectivity index (χ4v) is 7.72. The molecule has 3 heterocycles. The van der Waals surface area contributed by atoms with Gasteiger partial charge in [-0.1, -0.05) is 62.3 Å². The van der Waals surface area contributed by atoms with Crippen molar-refractivity contribution in [1.29, 1.82) is 0 Å². The van der Waals surface area contributed by atoms with Crippen LogP contribution in [0.2, 0.25) is 0 Å². The molecule has 33 heavy (non-hydrogen) atoms. The second kappa shape index (κ2) is 7.53. The molecule has 4 aromatic rings. The van der Waals surface area contributed by atoms with E-state index in [9.17, 15) is 0 Å². The van der Waals surface area contributed by atoms with Crippen LogP contribution in [-0.2, 0) is 7.05 Å². The van der Waals surface area contributed by atoms with E-state index in [0.717, 1.165) is 16.3 Å². The van der Waals surface area contributed by atoms with Gasteiger partial charge in [-0.3, -0.25) is 0 Å². The summed E-state index contributed by atoms with van der Waals surface area (Å²) < 4.78 is 9.11. The second-order valence-electron chi connectivity index (χ2n) is 10.3. The lowest BCUT2D eigenvalue weighted by molar-refractivity contribution is -0.662. The minimum absolute atomic E-state index is 0.542. The molecule has 0 unspecified atom stereocenters. The zero-order valence-electron chi connectivity index (χ0n) is 20.4. The summed E-state index contributed by atoms with van der Waals surface area (Å²) in [4.78, 5) is 7.38. The van der Waals surface area contributed by atoms with Crippen LogP contribution in [0.15, 0.2) is 30.6 Å². The van der Waals surface area contributed by atoms with E-state index >= 15 is 0 Å². The Morgan fingerprint density at radius 3 is 2.36 bits per heavy atom. The minimum Gasteiger partial charge on any atom is -0.454 e. The highest BCUT2D eigenvalue weighted by atomic mass is 32.1. The summed E-state index contributed by atoms with van der Waals surface area (Å²) in [5, 5.41) is 3.81. The van der Waals surface area contributed by atoms with Crippen molar-refractivity contribution in [3.05, 3.63) is 46.6 Å². The molecule has 1 saturated carbocycles. The lowest BCUT2D eigenvalue weighted by Crippen LogP contribution is -2.32. The molecule has 1 fully saturated rings. The van der Waals surface area contributed by atoms with Crippen molar-refractivity contribution >= 4 is 32.3 Å². The van der Waals surface area contributed by atoms with Gasteiger partial charge in [0, 0.05) is 5.56 Å². The van der Waals surface area contributed by atoms with E-state index in [-0.39, 0.29) is 0 Å². The van der Waals surface area contributed by atoms with Gasteiger partial charge in [-0.2, -0.15) is 0 Å². The summed E-state index contributed by atoms with van der Waals surface area (Å²) in [6.45, 7) is 9.20. The highest BCUT2D eigenvalue weighted by Gasteiger charge is 2.39. The van der Waals surface area contributed by atoms with Crippen molar-refractivity contribution in [2.24, 2.45) is 12.5 Å². The van der Waals surface area contributed by atoms with E-state index in [2.05, 4.69) is 63.6 Å². The molecule has 2 aliphatic rings. The number of thiophene rings is 1. The maximum absolute atomic E-state index is 6.91. The van der Waals surface area contributed by atoms with E-state index in [1.165, 1.54) is 81.9 Å². The van der Waals surface area contributed by atoms with Gasteiger partial charge in [0.15, 0.2) is 11.4 Å². The average molecular weight is 458 g/mol. The third kappa shape index (κ3) is 2.92. The minimum atomic E-state index is 0.542. The molecule has 6 rings (SSSR count). The van der Waals surface area contributed by atoms with Gasteiger partial charge in [0.1, 0.15) is 11.1 Å².